The monoisotopic (exact) mass is 571 g/mol. The number of pyridine rings is 1. The first-order valence-corrected chi connectivity index (χ1v) is 11.8. The molecule has 0 bridgehead atoms. The second-order valence-corrected chi connectivity index (χ2v) is 8.75. The minimum Gasteiger partial charge on any atom is -0.475 e. The molecule has 0 spiro atoms. The van der Waals surface area contributed by atoms with Crippen molar-refractivity contribution in [2.24, 2.45) is 0 Å². The number of morpholine rings is 1. The van der Waals surface area contributed by atoms with E-state index in [0.717, 1.165) is 44.8 Å². The molecule has 4 heterocycles. The lowest BCUT2D eigenvalue weighted by Gasteiger charge is -2.47. The molecule has 2 aromatic heterocycles. The number of fused-ring (bicyclic) bond motifs is 1. The molecule has 16 heteroatoms. The molecule has 2 saturated heterocycles. The van der Waals surface area contributed by atoms with Gasteiger partial charge in [0.05, 0.1) is 24.3 Å². The molecule has 2 N–H and O–H groups in total. The van der Waals surface area contributed by atoms with E-state index in [-0.39, 0.29) is 18.1 Å². The number of piperidine rings is 1. The molecule has 0 aromatic carbocycles. The Morgan fingerprint density at radius 1 is 1.05 bits per heavy atom. The highest BCUT2D eigenvalue weighted by atomic mass is 32.1. The van der Waals surface area contributed by atoms with Gasteiger partial charge in [-0.15, -0.1) is 0 Å². The number of likely N-dealkylation sites (tertiary alicyclic amines) is 1. The first-order valence-electron chi connectivity index (χ1n) is 10.9. The third-order valence-electron chi connectivity index (χ3n) is 5.35. The van der Waals surface area contributed by atoms with Crippen molar-refractivity contribution in [3.8, 4) is 0 Å². The quantitative estimate of drug-likeness (QED) is 0.538. The maximum atomic E-state index is 12.7. The average molecular weight is 571 g/mol. The van der Waals surface area contributed by atoms with Gasteiger partial charge in [-0.2, -0.15) is 37.7 Å². The molecule has 2 fully saturated rings. The van der Waals surface area contributed by atoms with E-state index in [1.165, 1.54) is 5.56 Å². The van der Waals surface area contributed by atoms with Gasteiger partial charge in [-0.3, -0.25) is 14.7 Å². The Morgan fingerprint density at radius 3 is 2.18 bits per heavy atom. The first-order chi connectivity index (χ1) is 17.7. The molecular formula is C22H23F6N3O6S. The van der Waals surface area contributed by atoms with E-state index >= 15 is 0 Å². The van der Waals surface area contributed by atoms with E-state index in [1.807, 2.05) is 34.0 Å². The fourth-order valence-corrected chi connectivity index (χ4v) is 4.25. The number of carboxylic acid groups (broad SMARTS) is 2. The number of alkyl halides is 6. The van der Waals surface area contributed by atoms with Gasteiger partial charge in [0.1, 0.15) is 0 Å². The van der Waals surface area contributed by atoms with Crippen LogP contribution in [0.3, 0.4) is 0 Å². The van der Waals surface area contributed by atoms with Crippen molar-refractivity contribution in [2.75, 3.05) is 26.2 Å². The molecule has 38 heavy (non-hydrogen) atoms. The minimum absolute atomic E-state index is 0.140. The van der Waals surface area contributed by atoms with Crippen molar-refractivity contribution in [1.82, 2.24) is 14.8 Å². The second-order valence-electron chi connectivity index (χ2n) is 7.97. The van der Waals surface area contributed by atoms with Crippen LogP contribution >= 0.6 is 11.3 Å². The Bertz CT molecular complexity index is 1030. The number of carbonyl (C=O) groups excluding carboxylic acids is 1. The lowest BCUT2D eigenvalue weighted by molar-refractivity contribution is -0.193. The van der Waals surface area contributed by atoms with Crippen molar-refractivity contribution >= 4 is 29.2 Å². The molecule has 1 amide bonds. The Balaban J connectivity index is 0.000000301. The third-order valence-corrected chi connectivity index (χ3v) is 6.03. The molecule has 2 atom stereocenters. The third kappa shape index (κ3) is 9.57. The number of carbonyl (C=O) groups is 3. The standard InChI is InChI=1S/C18H21N3O2S.2C2HF3O2/c22-18(15-4-9-24-13-15)21-6-3-17-16(12-21)20(7-8-23-17)11-14-2-1-5-19-10-14;2*3-2(4,5)1(6)7/h1-2,4-5,9-10,13,16-17H,3,6-8,11-12H2;2*(H,6,7)/t16-,17-;;/m0../s1. The number of hydrogen-bond donors (Lipinski definition) is 2. The van der Waals surface area contributed by atoms with E-state index in [9.17, 15) is 31.1 Å². The minimum atomic E-state index is -5.08. The zero-order chi connectivity index (χ0) is 28.5. The fraction of sp³-hybridized carbons (Fsp3) is 0.455. The van der Waals surface area contributed by atoms with Crippen LogP contribution in [-0.2, 0) is 20.9 Å². The van der Waals surface area contributed by atoms with Crippen LogP contribution in [0.1, 0.15) is 22.3 Å². The number of rotatable bonds is 3. The number of halogens is 6. The van der Waals surface area contributed by atoms with Gasteiger partial charge in [0.15, 0.2) is 0 Å². The van der Waals surface area contributed by atoms with Crippen LogP contribution in [-0.4, -0.2) is 93.6 Å². The highest BCUT2D eigenvalue weighted by Gasteiger charge is 2.39. The van der Waals surface area contributed by atoms with Crippen LogP contribution in [0.15, 0.2) is 41.4 Å². The van der Waals surface area contributed by atoms with Crippen LogP contribution < -0.4 is 0 Å². The predicted octanol–water partition coefficient (Wildman–Crippen LogP) is 3.53. The smallest absolute Gasteiger partial charge is 0.475 e. The number of ether oxygens (including phenoxy) is 1. The van der Waals surface area contributed by atoms with Gasteiger partial charge in [-0.1, -0.05) is 6.07 Å². The van der Waals surface area contributed by atoms with Gasteiger partial charge in [-0.25, -0.2) is 9.59 Å². The SMILES string of the molecule is O=C(O)C(F)(F)F.O=C(O)C(F)(F)F.O=C(c1ccsc1)N1CC[C@@H]2OCCN(Cc3cccnc3)[C@H]2C1. The normalized spacial score (nSPS) is 19.7. The Hall–Kier alpha value is -3.24. The Morgan fingerprint density at radius 2 is 1.68 bits per heavy atom. The summed E-state index contributed by atoms with van der Waals surface area (Å²) >= 11 is 1.57. The lowest BCUT2D eigenvalue weighted by Crippen LogP contribution is -2.60. The van der Waals surface area contributed by atoms with Gasteiger partial charge >= 0.3 is 24.3 Å². The van der Waals surface area contributed by atoms with Gasteiger partial charge in [0.25, 0.3) is 5.91 Å². The second kappa shape index (κ2) is 13.5. The van der Waals surface area contributed by atoms with Crippen molar-refractivity contribution in [3.05, 3.63) is 52.5 Å². The average Bonchev–Trinajstić information content (AvgIpc) is 3.39. The first kappa shape index (κ1) is 31.0. The summed E-state index contributed by atoms with van der Waals surface area (Å²) in [5.74, 6) is -5.37. The van der Waals surface area contributed by atoms with Crippen LogP contribution in [0.25, 0.3) is 0 Å². The van der Waals surface area contributed by atoms with Gasteiger partial charge in [0.2, 0.25) is 0 Å². The molecule has 2 aromatic rings. The summed E-state index contributed by atoms with van der Waals surface area (Å²) in [5, 5.41) is 18.1. The van der Waals surface area contributed by atoms with E-state index in [4.69, 9.17) is 24.5 Å². The Labute approximate surface area is 216 Å². The van der Waals surface area contributed by atoms with Crippen LogP contribution in [0.5, 0.6) is 0 Å². The molecule has 0 aliphatic carbocycles. The molecule has 4 rings (SSSR count). The number of carboxylic acids is 2. The van der Waals surface area contributed by atoms with Crippen molar-refractivity contribution in [2.45, 2.75) is 37.5 Å². The number of amides is 1. The summed E-state index contributed by atoms with van der Waals surface area (Å²) < 4.78 is 69.4. The van der Waals surface area contributed by atoms with Gasteiger partial charge in [0, 0.05) is 44.0 Å². The fourth-order valence-electron chi connectivity index (χ4n) is 3.62. The van der Waals surface area contributed by atoms with Crippen LogP contribution in [0.2, 0.25) is 0 Å². The summed E-state index contributed by atoms with van der Waals surface area (Å²) in [4.78, 5) is 39.1. The van der Waals surface area contributed by atoms with E-state index in [2.05, 4.69) is 16.0 Å². The number of aliphatic carboxylic acids is 2. The number of thiophene rings is 1. The molecule has 2 aliphatic rings. The molecule has 0 radical (unpaired) electrons. The summed E-state index contributed by atoms with van der Waals surface area (Å²) in [7, 11) is 0. The Kier molecular flexibility index (Phi) is 11.0. The number of aromatic nitrogens is 1. The largest absolute Gasteiger partial charge is 0.490 e. The summed E-state index contributed by atoms with van der Waals surface area (Å²) in [5.41, 5.74) is 2.01. The zero-order valence-electron chi connectivity index (χ0n) is 19.5. The zero-order valence-corrected chi connectivity index (χ0v) is 20.3. The van der Waals surface area contributed by atoms with E-state index < -0.39 is 24.3 Å². The number of nitrogens with zero attached hydrogens (tertiary/aromatic N) is 3. The van der Waals surface area contributed by atoms with Crippen molar-refractivity contribution in [3.63, 3.8) is 0 Å². The summed E-state index contributed by atoms with van der Waals surface area (Å²) in [6.45, 7) is 4.03. The van der Waals surface area contributed by atoms with Crippen LogP contribution in [0, 0.1) is 0 Å². The summed E-state index contributed by atoms with van der Waals surface area (Å²) in [6, 6.07) is 6.24. The maximum Gasteiger partial charge on any atom is 0.490 e. The molecule has 9 nitrogen and oxygen atoms in total. The highest BCUT2D eigenvalue weighted by molar-refractivity contribution is 7.08. The molecular weight excluding hydrogens is 548 g/mol. The molecule has 0 saturated carbocycles. The molecule has 210 valence electrons. The van der Waals surface area contributed by atoms with E-state index in [1.54, 1.807) is 17.5 Å². The predicted molar refractivity (Wildman–Crippen MR) is 120 cm³/mol. The van der Waals surface area contributed by atoms with Crippen molar-refractivity contribution in [1.29, 1.82) is 0 Å². The molecule has 2 aliphatic heterocycles. The van der Waals surface area contributed by atoms with E-state index in [0.29, 0.717) is 0 Å². The summed E-state index contributed by atoms with van der Waals surface area (Å²) in [6.07, 6.45) is -5.32. The van der Waals surface area contributed by atoms with Gasteiger partial charge in [-0.05, 0) is 29.5 Å². The lowest BCUT2D eigenvalue weighted by atomic mass is 9.97. The van der Waals surface area contributed by atoms with Crippen LogP contribution in [0.4, 0.5) is 26.3 Å². The van der Waals surface area contributed by atoms with Gasteiger partial charge < -0.3 is 19.8 Å². The van der Waals surface area contributed by atoms with Crippen molar-refractivity contribution < 1.29 is 55.7 Å². The topological polar surface area (TPSA) is 120 Å². The molecule has 0 unspecified atom stereocenters. The maximum absolute atomic E-state index is 12.7. The highest BCUT2D eigenvalue weighted by Crippen LogP contribution is 2.26. The number of hydrogen-bond acceptors (Lipinski definition) is 7.